The summed E-state index contributed by atoms with van der Waals surface area (Å²) in [6.45, 7) is -0.0933. The van der Waals surface area contributed by atoms with Crippen LogP contribution in [0.3, 0.4) is 0 Å². The number of halogens is 1. The molecule has 4 N–H and O–H groups in total. The van der Waals surface area contributed by atoms with Gasteiger partial charge in [-0.15, -0.1) is 0 Å². The molecule has 0 aliphatic carbocycles. The summed E-state index contributed by atoms with van der Waals surface area (Å²) in [5.74, 6) is 0. The number of hydrogen-bond donors (Lipinski definition) is 3. The molecule has 0 bridgehead atoms. The smallest absolute Gasteiger partial charge is 0.240 e. The molecule has 1 rings (SSSR count). The van der Waals surface area contributed by atoms with Crippen LogP contribution in [0.15, 0.2) is 23.1 Å². The fourth-order valence-corrected chi connectivity index (χ4v) is 2.45. The molecule has 0 spiro atoms. The number of rotatable bonds is 6. The second-order valence-corrected chi connectivity index (χ2v) is 5.82. The molecule has 0 fully saturated rings. The zero-order valence-corrected chi connectivity index (χ0v) is 11.3. The third-order valence-electron chi connectivity index (χ3n) is 2.15. The lowest BCUT2D eigenvalue weighted by molar-refractivity contribution is 0.0679. The molecular formula is C10H15ClN2O4S. The third-order valence-corrected chi connectivity index (χ3v) is 3.91. The first-order valence-corrected chi connectivity index (χ1v) is 6.94. The number of nitrogens with one attached hydrogen (secondary N) is 1. The quantitative estimate of drug-likeness (QED) is 0.651. The molecule has 0 amide bonds. The van der Waals surface area contributed by atoms with Crippen LogP contribution in [0, 0.1) is 0 Å². The van der Waals surface area contributed by atoms with Gasteiger partial charge in [-0.25, -0.2) is 13.1 Å². The van der Waals surface area contributed by atoms with Crippen molar-refractivity contribution in [1.82, 2.24) is 4.72 Å². The van der Waals surface area contributed by atoms with Gasteiger partial charge in [0.1, 0.15) is 0 Å². The Hall–Kier alpha value is -0.860. The van der Waals surface area contributed by atoms with Crippen molar-refractivity contribution in [3.8, 4) is 0 Å². The topological polar surface area (TPSA) is 102 Å². The first kappa shape index (κ1) is 15.2. The van der Waals surface area contributed by atoms with Crippen LogP contribution in [0.4, 0.5) is 5.69 Å². The molecule has 0 aliphatic rings. The van der Waals surface area contributed by atoms with Gasteiger partial charge in [0.2, 0.25) is 10.0 Å². The van der Waals surface area contributed by atoms with Crippen LogP contribution in [0.1, 0.15) is 0 Å². The van der Waals surface area contributed by atoms with E-state index in [-0.39, 0.29) is 28.8 Å². The number of aliphatic hydroxyl groups excluding tert-OH is 1. The molecule has 0 heterocycles. The van der Waals surface area contributed by atoms with Crippen molar-refractivity contribution in [2.45, 2.75) is 11.0 Å². The number of sulfonamides is 1. The molecule has 8 heteroatoms. The second-order valence-electron chi connectivity index (χ2n) is 3.64. The van der Waals surface area contributed by atoms with E-state index in [1.807, 2.05) is 0 Å². The summed E-state index contributed by atoms with van der Waals surface area (Å²) >= 11 is 5.70. The van der Waals surface area contributed by atoms with Gasteiger partial charge >= 0.3 is 0 Å². The van der Waals surface area contributed by atoms with E-state index in [1.165, 1.54) is 25.3 Å². The van der Waals surface area contributed by atoms with Crippen LogP contribution < -0.4 is 10.5 Å². The molecule has 18 heavy (non-hydrogen) atoms. The predicted molar refractivity (Wildman–Crippen MR) is 68.9 cm³/mol. The Balaban J connectivity index is 2.77. The first-order valence-electron chi connectivity index (χ1n) is 5.08. The SMILES string of the molecule is COCC(O)CNS(=O)(=O)c1ccc(Cl)c(N)c1. The summed E-state index contributed by atoms with van der Waals surface area (Å²) in [5.41, 5.74) is 5.71. The van der Waals surface area contributed by atoms with Crippen molar-refractivity contribution < 1.29 is 18.3 Å². The summed E-state index contributed by atoms with van der Waals surface area (Å²) in [4.78, 5) is -0.00554. The highest BCUT2D eigenvalue weighted by Gasteiger charge is 2.16. The molecular weight excluding hydrogens is 280 g/mol. The Morgan fingerprint density at radius 1 is 1.56 bits per heavy atom. The zero-order valence-electron chi connectivity index (χ0n) is 9.76. The molecule has 0 radical (unpaired) electrons. The van der Waals surface area contributed by atoms with E-state index >= 15 is 0 Å². The number of ether oxygens (including phenoxy) is 1. The highest BCUT2D eigenvalue weighted by molar-refractivity contribution is 7.89. The Labute approximate surface area is 111 Å². The standard InChI is InChI=1S/C10H15ClN2O4S/c1-17-6-7(14)5-13-18(15,16)8-2-3-9(11)10(12)4-8/h2-4,7,13-14H,5-6,12H2,1H3. The number of nitrogen functional groups attached to an aromatic ring is 1. The largest absolute Gasteiger partial charge is 0.397 e. The molecule has 1 aromatic carbocycles. The Morgan fingerprint density at radius 3 is 2.78 bits per heavy atom. The monoisotopic (exact) mass is 294 g/mol. The average molecular weight is 295 g/mol. The molecule has 0 saturated heterocycles. The minimum absolute atomic E-state index is 0.00554. The van der Waals surface area contributed by atoms with Crippen molar-refractivity contribution in [1.29, 1.82) is 0 Å². The Kier molecular flexibility index (Phi) is 5.36. The van der Waals surface area contributed by atoms with Crippen molar-refractivity contribution >= 4 is 27.3 Å². The van der Waals surface area contributed by atoms with Crippen molar-refractivity contribution in [3.63, 3.8) is 0 Å². The van der Waals surface area contributed by atoms with Gasteiger partial charge in [0.25, 0.3) is 0 Å². The number of hydrogen-bond acceptors (Lipinski definition) is 5. The van der Waals surface area contributed by atoms with Crippen molar-refractivity contribution in [2.24, 2.45) is 0 Å². The lowest BCUT2D eigenvalue weighted by Crippen LogP contribution is -2.34. The van der Waals surface area contributed by atoms with E-state index in [2.05, 4.69) is 9.46 Å². The van der Waals surface area contributed by atoms with Gasteiger partial charge in [0.15, 0.2) is 0 Å². The molecule has 0 saturated carbocycles. The van der Waals surface area contributed by atoms with Gasteiger partial charge < -0.3 is 15.6 Å². The van der Waals surface area contributed by atoms with E-state index in [0.717, 1.165) is 0 Å². The van der Waals surface area contributed by atoms with Crippen LogP contribution in [0.2, 0.25) is 5.02 Å². The average Bonchev–Trinajstić information content (AvgIpc) is 2.30. The lowest BCUT2D eigenvalue weighted by Gasteiger charge is -2.11. The summed E-state index contributed by atoms with van der Waals surface area (Å²) in [6.07, 6.45) is -0.908. The van der Waals surface area contributed by atoms with Gasteiger partial charge in [-0.2, -0.15) is 0 Å². The maximum Gasteiger partial charge on any atom is 0.240 e. The minimum atomic E-state index is -3.72. The van der Waals surface area contributed by atoms with Crippen LogP contribution in [-0.2, 0) is 14.8 Å². The number of methoxy groups -OCH3 is 1. The van der Waals surface area contributed by atoms with E-state index in [9.17, 15) is 13.5 Å². The number of nitrogens with two attached hydrogens (primary N) is 1. The number of aliphatic hydroxyl groups is 1. The van der Waals surface area contributed by atoms with E-state index in [0.29, 0.717) is 0 Å². The number of benzene rings is 1. The van der Waals surface area contributed by atoms with Gasteiger partial charge in [0, 0.05) is 13.7 Å². The fourth-order valence-electron chi connectivity index (χ4n) is 1.23. The van der Waals surface area contributed by atoms with Crippen LogP contribution in [0.5, 0.6) is 0 Å². The van der Waals surface area contributed by atoms with Gasteiger partial charge in [0.05, 0.1) is 28.3 Å². The van der Waals surface area contributed by atoms with E-state index < -0.39 is 16.1 Å². The Bertz CT molecular complexity index is 507. The van der Waals surface area contributed by atoms with Gasteiger partial charge in [-0.05, 0) is 18.2 Å². The van der Waals surface area contributed by atoms with E-state index in [4.69, 9.17) is 17.3 Å². The number of anilines is 1. The van der Waals surface area contributed by atoms with Crippen molar-refractivity contribution in [3.05, 3.63) is 23.2 Å². The minimum Gasteiger partial charge on any atom is -0.397 e. The molecule has 1 aromatic rings. The summed E-state index contributed by atoms with van der Waals surface area (Å²) in [7, 11) is -2.30. The molecule has 102 valence electrons. The highest BCUT2D eigenvalue weighted by atomic mass is 35.5. The van der Waals surface area contributed by atoms with Crippen LogP contribution in [-0.4, -0.2) is 39.9 Å². The first-order chi connectivity index (χ1) is 8.36. The summed E-state index contributed by atoms with van der Waals surface area (Å²) < 4.78 is 30.6. The van der Waals surface area contributed by atoms with Gasteiger partial charge in [-0.1, -0.05) is 11.6 Å². The second kappa shape index (κ2) is 6.35. The summed E-state index contributed by atoms with van der Waals surface area (Å²) in [6, 6.07) is 3.99. The zero-order chi connectivity index (χ0) is 13.8. The van der Waals surface area contributed by atoms with Gasteiger partial charge in [-0.3, -0.25) is 0 Å². The maximum atomic E-state index is 11.8. The fraction of sp³-hybridized carbons (Fsp3) is 0.400. The highest BCUT2D eigenvalue weighted by Crippen LogP contribution is 2.21. The molecule has 1 atom stereocenters. The van der Waals surface area contributed by atoms with Crippen LogP contribution in [0.25, 0.3) is 0 Å². The Morgan fingerprint density at radius 2 is 2.22 bits per heavy atom. The lowest BCUT2D eigenvalue weighted by atomic mass is 10.3. The third kappa shape index (κ3) is 4.11. The van der Waals surface area contributed by atoms with E-state index in [1.54, 1.807) is 0 Å². The molecule has 6 nitrogen and oxygen atoms in total. The van der Waals surface area contributed by atoms with Crippen LogP contribution >= 0.6 is 11.6 Å². The normalized spacial score (nSPS) is 13.5. The summed E-state index contributed by atoms with van der Waals surface area (Å²) in [5, 5.41) is 9.65. The molecule has 1 unspecified atom stereocenters. The molecule has 0 aliphatic heterocycles. The van der Waals surface area contributed by atoms with Crippen molar-refractivity contribution in [2.75, 3.05) is 26.0 Å². The predicted octanol–water partition coefficient (Wildman–Crippen LogP) is 0.208. The molecule has 0 aromatic heterocycles. The maximum absolute atomic E-state index is 11.8.